The Hall–Kier alpha value is -2.51. The van der Waals surface area contributed by atoms with Gasteiger partial charge in [0.25, 0.3) is 5.91 Å². The number of nitrogens with zero attached hydrogens (tertiary/aromatic N) is 3. The van der Waals surface area contributed by atoms with Crippen molar-refractivity contribution >= 4 is 28.8 Å². The Labute approximate surface area is 111 Å². The Bertz CT molecular complexity index is 755. The van der Waals surface area contributed by atoms with Gasteiger partial charge in [-0.15, -0.1) is 0 Å². The van der Waals surface area contributed by atoms with Crippen LogP contribution in [0.4, 0.5) is 14.7 Å². The summed E-state index contributed by atoms with van der Waals surface area (Å²) in [5.74, 6) is -3.26. The number of likely N-dealkylation sites (N-methyl/N-ethyl adjacent to an activating group) is 1. The van der Waals surface area contributed by atoms with E-state index in [-0.39, 0.29) is 23.4 Å². The third-order valence-corrected chi connectivity index (χ3v) is 3.44. The number of halogens is 2. The fourth-order valence-corrected chi connectivity index (χ4v) is 2.39. The van der Waals surface area contributed by atoms with Gasteiger partial charge in [0.15, 0.2) is 11.6 Å². The molecule has 0 spiro atoms. The van der Waals surface area contributed by atoms with E-state index in [1.165, 1.54) is 13.1 Å². The summed E-state index contributed by atoms with van der Waals surface area (Å²) < 4.78 is 28.4. The molecule has 0 radical (unpaired) electrons. The van der Waals surface area contributed by atoms with Gasteiger partial charge in [-0.25, -0.2) is 13.8 Å². The second-order valence-corrected chi connectivity index (χ2v) is 4.58. The van der Waals surface area contributed by atoms with Crippen molar-refractivity contribution in [1.29, 1.82) is 0 Å². The molecule has 20 heavy (non-hydrogen) atoms. The zero-order valence-electron chi connectivity index (χ0n) is 10.4. The van der Waals surface area contributed by atoms with E-state index >= 15 is 0 Å². The van der Waals surface area contributed by atoms with Gasteiger partial charge in [-0.3, -0.25) is 19.1 Å². The number of imidazole rings is 1. The molecule has 2 N–H and O–H groups in total. The molecule has 0 aliphatic carbocycles. The van der Waals surface area contributed by atoms with Crippen molar-refractivity contribution in [3.8, 4) is 0 Å². The van der Waals surface area contributed by atoms with Gasteiger partial charge in [0.05, 0.1) is 11.9 Å². The molecule has 0 saturated carbocycles. The van der Waals surface area contributed by atoms with Crippen molar-refractivity contribution in [2.75, 3.05) is 12.8 Å². The van der Waals surface area contributed by atoms with Crippen LogP contribution in [0.15, 0.2) is 12.1 Å². The van der Waals surface area contributed by atoms with Crippen molar-refractivity contribution in [2.45, 2.75) is 12.5 Å². The molecule has 3 rings (SSSR count). The standard InChI is InChI=1S/C12H10F2N4O2/c1-17-8(19)4-7(11(17)20)18-10-6(16-12(18)15)3-2-5(13)9(10)14/h2-3,7H,4H2,1H3,(H2,15,16). The van der Waals surface area contributed by atoms with Crippen LogP contribution in [0, 0.1) is 11.6 Å². The summed E-state index contributed by atoms with van der Waals surface area (Å²) in [6.45, 7) is 0. The highest BCUT2D eigenvalue weighted by atomic mass is 19.2. The smallest absolute Gasteiger partial charge is 0.252 e. The number of nitrogen functional groups attached to an aromatic ring is 1. The van der Waals surface area contributed by atoms with Crippen molar-refractivity contribution in [1.82, 2.24) is 14.5 Å². The van der Waals surface area contributed by atoms with E-state index in [0.717, 1.165) is 15.5 Å². The number of carbonyl (C=O) groups excluding carboxylic acids is 2. The van der Waals surface area contributed by atoms with Gasteiger partial charge in [0.1, 0.15) is 11.6 Å². The quantitative estimate of drug-likeness (QED) is 0.784. The molecule has 1 aromatic carbocycles. The monoisotopic (exact) mass is 280 g/mol. The number of carbonyl (C=O) groups is 2. The lowest BCUT2D eigenvalue weighted by molar-refractivity contribution is -0.137. The first-order valence-electron chi connectivity index (χ1n) is 5.83. The Balaban J connectivity index is 2.27. The van der Waals surface area contributed by atoms with Gasteiger partial charge in [-0.1, -0.05) is 0 Å². The largest absolute Gasteiger partial charge is 0.369 e. The fourth-order valence-electron chi connectivity index (χ4n) is 2.39. The van der Waals surface area contributed by atoms with Gasteiger partial charge in [0, 0.05) is 7.05 Å². The summed E-state index contributed by atoms with van der Waals surface area (Å²) in [5.41, 5.74) is 5.62. The number of rotatable bonds is 1. The average molecular weight is 280 g/mol. The van der Waals surface area contributed by atoms with Gasteiger partial charge in [-0.05, 0) is 12.1 Å². The summed E-state index contributed by atoms with van der Waals surface area (Å²) in [7, 11) is 1.33. The third-order valence-electron chi connectivity index (χ3n) is 3.44. The van der Waals surface area contributed by atoms with Crippen molar-refractivity contribution in [2.24, 2.45) is 0 Å². The van der Waals surface area contributed by atoms with Gasteiger partial charge in [0.2, 0.25) is 11.9 Å². The van der Waals surface area contributed by atoms with Crippen LogP contribution in [-0.4, -0.2) is 33.3 Å². The van der Waals surface area contributed by atoms with Gasteiger partial charge in [-0.2, -0.15) is 0 Å². The normalized spacial score (nSPS) is 19.4. The van der Waals surface area contributed by atoms with Crippen LogP contribution < -0.4 is 5.73 Å². The number of hydrogen-bond acceptors (Lipinski definition) is 4. The second-order valence-electron chi connectivity index (χ2n) is 4.58. The first kappa shape index (κ1) is 12.5. The molecule has 1 fully saturated rings. The SMILES string of the molecule is CN1C(=O)CC(n2c(N)nc3ccc(F)c(F)c32)C1=O. The number of nitrogens with two attached hydrogens (primary N) is 1. The Morgan fingerprint density at radius 2 is 2.05 bits per heavy atom. The van der Waals surface area contributed by atoms with Gasteiger partial charge >= 0.3 is 0 Å². The number of imide groups is 1. The molecule has 1 atom stereocenters. The fraction of sp³-hybridized carbons (Fsp3) is 0.250. The van der Waals surface area contributed by atoms with Crippen molar-refractivity contribution < 1.29 is 18.4 Å². The van der Waals surface area contributed by atoms with E-state index in [2.05, 4.69) is 4.98 Å². The second kappa shape index (κ2) is 3.99. The van der Waals surface area contributed by atoms with Crippen LogP contribution >= 0.6 is 0 Å². The highest BCUT2D eigenvalue weighted by Crippen LogP contribution is 2.32. The zero-order valence-corrected chi connectivity index (χ0v) is 10.4. The molecular formula is C12H10F2N4O2. The van der Waals surface area contributed by atoms with E-state index in [0.29, 0.717) is 0 Å². The number of hydrogen-bond donors (Lipinski definition) is 1. The Morgan fingerprint density at radius 1 is 1.35 bits per heavy atom. The molecule has 2 heterocycles. The third kappa shape index (κ3) is 1.50. The number of fused-ring (bicyclic) bond motifs is 1. The predicted octanol–water partition coefficient (Wildman–Crippen LogP) is 0.826. The maximum absolute atomic E-state index is 13.9. The lowest BCUT2D eigenvalue weighted by Gasteiger charge is -2.13. The molecular weight excluding hydrogens is 270 g/mol. The number of anilines is 1. The van der Waals surface area contributed by atoms with E-state index in [1.807, 2.05) is 0 Å². The van der Waals surface area contributed by atoms with Crippen LogP contribution in [0.2, 0.25) is 0 Å². The van der Waals surface area contributed by atoms with Gasteiger partial charge < -0.3 is 5.73 Å². The minimum Gasteiger partial charge on any atom is -0.369 e. The zero-order chi connectivity index (χ0) is 14.6. The highest BCUT2D eigenvalue weighted by molar-refractivity contribution is 6.05. The van der Waals surface area contributed by atoms with E-state index in [9.17, 15) is 18.4 Å². The minimum absolute atomic E-state index is 0.133. The van der Waals surface area contributed by atoms with E-state index < -0.39 is 29.5 Å². The van der Waals surface area contributed by atoms with Crippen molar-refractivity contribution in [3.63, 3.8) is 0 Å². The van der Waals surface area contributed by atoms with Crippen molar-refractivity contribution in [3.05, 3.63) is 23.8 Å². The van der Waals surface area contributed by atoms with E-state index in [1.54, 1.807) is 0 Å². The maximum atomic E-state index is 13.9. The molecule has 1 aliphatic rings. The Morgan fingerprint density at radius 3 is 2.65 bits per heavy atom. The predicted molar refractivity (Wildman–Crippen MR) is 65.5 cm³/mol. The topological polar surface area (TPSA) is 81.2 Å². The molecule has 6 nitrogen and oxygen atoms in total. The highest BCUT2D eigenvalue weighted by Gasteiger charge is 2.39. The van der Waals surface area contributed by atoms with Crippen LogP contribution in [0.1, 0.15) is 12.5 Å². The average Bonchev–Trinajstić information content (AvgIpc) is 2.86. The number of amides is 2. The molecule has 1 unspecified atom stereocenters. The molecule has 2 aromatic rings. The first-order chi connectivity index (χ1) is 9.41. The lowest BCUT2D eigenvalue weighted by atomic mass is 10.2. The first-order valence-corrected chi connectivity index (χ1v) is 5.83. The number of benzene rings is 1. The molecule has 0 bridgehead atoms. The maximum Gasteiger partial charge on any atom is 0.252 e. The molecule has 1 aliphatic heterocycles. The Kier molecular flexibility index (Phi) is 2.50. The summed E-state index contributed by atoms with van der Waals surface area (Å²) in [6, 6.07) is 1.21. The van der Waals surface area contributed by atoms with E-state index in [4.69, 9.17) is 5.73 Å². The molecule has 8 heteroatoms. The lowest BCUT2D eigenvalue weighted by Crippen LogP contribution is -2.27. The van der Waals surface area contributed by atoms with Crippen LogP contribution in [-0.2, 0) is 9.59 Å². The van der Waals surface area contributed by atoms with Crippen LogP contribution in [0.3, 0.4) is 0 Å². The molecule has 104 valence electrons. The van der Waals surface area contributed by atoms with Crippen LogP contribution in [0.25, 0.3) is 11.0 Å². The number of aromatic nitrogens is 2. The molecule has 1 aromatic heterocycles. The molecule has 1 saturated heterocycles. The van der Waals surface area contributed by atoms with Crippen LogP contribution in [0.5, 0.6) is 0 Å². The summed E-state index contributed by atoms with van der Waals surface area (Å²) in [6.07, 6.45) is -0.152. The summed E-state index contributed by atoms with van der Waals surface area (Å²) in [4.78, 5) is 28.4. The summed E-state index contributed by atoms with van der Waals surface area (Å²) in [5, 5.41) is 0. The summed E-state index contributed by atoms with van der Waals surface area (Å²) >= 11 is 0. The number of likely N-dealkylation sites (tertiary alicyclic amines) is 1. The molecule has 2 amide bonds. The minimum atomic E-state index is -1.14.